The molecule has 120 valence electrons. The predicted octanol–water partition coefficient (Wildman–Crippen LogP) is 2.37. The van der Waals surface area contributed by atoms with E-state index in [1.807, 2.05) is 6.92 Å². The van der Waals surface area contributed by atoms with Crippen LogP contribution in [0.4, 0.5) is 10.2 Å². The predicted molar refractivity (Wildman–Crippen MR) is 85.4 cm³/mol. The third-order valence-corrected chi connectivity index (χ3v) is 3.82. The summed E-state index contributed by atoms with van der Waals surface area (Å²) >= 11 is 0. The van der Waals surface area contributed by atoms with Gasteiger partial charge in [-0.05, 0) is 43.5 Å². The third kappa shape index (κ3) is 4.24. The minimum Gasteiger partial charge on any atom is -0.396 e. The molecule has 2 rings (SSSR count). The molecule has 0 unspecified atom stereocenters. The minimum atomic E-state index is -0.281. The number of anilines is 1. The van der Waals surface area contributed by atoms with Crippen LogP contribution in [-0.2, 0) is 6.42 Å². The summed E-state index contributed by atoms with van der Waals surface area (Å²) in [5.74, 6) is 0.0695. The molecule has 0 spiro atoms. The molecule has 1 atom stereocenters. The highest BCUT2D eigenvalue weighted by molar-refractivity contribution is 5.55. The van der Waals surface area contributed by atoms with Gasteiger partial charge in [-0.2, -0.15) is 10.4 Å². The molecule has 0 aliphatic carbocycles. The Balaban J connectivity index is 2.05. The molecule has 23 heavy (non-hydrogen) atoms. The second-order valence-electron chi connectivity index (χ2n) is 5.51. The molecule has 1 aromatic heterocycles. The summed E-state index contributed by atoms with van der Waals surface area (Å²) in [6, 6.07) is 8.34. The zero-order valence-electron chi connectivity index (χ0n) is 13.2. The van der Waals surface area contributed by atoms with Crippen molar-refractivity contribution in [3.05, 3.63) is 52.5 Å². The van der Waals surface area contributed by atoms with Gasteiger partial charge in [-0.1, -0.05) is 12.1 Å². The van der Waals surface area contributed by atoms with Gasteiger partial charge >= 0.3 is 0 Å². The van der Waals surface area contributed by atoms with Gasteiger partial charge in [-0.3, -0.25) is 0 Å². The van der Waals surface area contributed by atoms with Gasteiger partial charge in [0.05, 0.1) is 5.69 Å². The van der Waals surface area contributed by atoms with Crippen molar-refractivity contribution in [3.8, 4) is 6.07 Å². The second kappa shape index (κ2) is 7.65. The number of nitriles is 1. The Hall–Kier alpha value is -2.52. The van der Waals surface area contributed by atoms with Crippen LogP contribution in [0, 0.1) is 36.9 Å². The second-order valence-corrected chi connectivity index (χ2v) is 5.51. The van der Waals surface area contributed by atoms with Crippen LogP contribution in [0.25, 0.3) is 0 Å². The van der Waals surface area contributed by atoms with Gasteiger partial charge in [0.25, 0.3) is 0 Å². The molecule has 0 amide bonds. The highest BCUT2D eigenvalue weighted by atomic mass is 19.1. The summed E-state index contributed by atoms with van der Waals surface area (Å²) in [6.45, 7) is 4.05. The van der Waals surface area contributed by atoms with Crippen LogP contribution >= 0.6 is 0 Å². The van der Waals surface area contributed by atoms with E-state index in [0.29, 0.717) is 24.3 Å². The van der Waals surface area contributed by atoms with Crippen LogP contribution < -0.4 is 5.32 Å². The van der Waals surface area contributed by atoms with Gasteiger partial charge in [0, 0.05) is 19.1 Å². The summed E-state index contributed by atoms with van der Waals surface area (Å²) < 4.78 is 12.9. The van der Waals surface area contributed by atoms with Crippen molar-refractivity contribution in [2.24, 2.45) is 5.92 Å². The Labute approximate surface area is 134 Å². The number of nitrogens with one attached hydrogen (secondary N) is 1. The summed E-state index contributed by atoms with van der Waals surface area (Å²) in [5, 5.41) is 29.9. The van der Waals surface area contributed by atoms with Gasteiger partial charge < -0.3 is 10.4 Å². The molecule has 0 aliphatic heterocycles. The number of aliphatic hydroxyl groups excluding tert-OH is 1. The van der Waals surface area contributed by atoms with E-state index in [9.17, 15) is 14.8 Å². The lowest BCUT2D eigenvalue weighted by atomic mass is 10.00. The maximum atomic E-state index is 12.9. The molecule has 2 N–H and O–H groups in total. The number of benzene rings is 1. The van der Waals surface area contributed by atoms with E-state index >= 15 is 0 Å². The highest BCUT2D eigenvalue weighted by Gasteiger charge is 2.14. The van der Waals surface area contributed by atoms with Gasteiger partial charge in [-0.25, -0.2) is 4.39 Å². The first kappa shape index (κ1) is 16.8. The van der Waals surface area contributed by atoms with Gasteiger partial charge in [0.2, 0.25) is 0 Å². The molecule has 5 nitrogen and oxygen atoms in total. The van der Waals surface area contributed by atoms with Crippen LogP contribution in [-0.4, -0.2) is 28.5 Å². The normalized spacial score (nSPS) is 11.8. The Morgan fingerprint density at radius 2 is 1.96 bits per heavy atom. The molecule has 0 aliphatic rings. The van der Waals surface area contributed by atoms with Crippen molar-refractivity contribution >= 4 is 5.82 Å². The first-order valence-electron chi connectivity index (χ1n) is 7.38. The van der Waals surface area contributed by atoms with E-state index in [1.54, 1.807) is 19.1 Å². The molecule has 6 heteroatoms. The lowest BCUT2D eigenvalue weighted by molar-refractivity contribution is 0.232. The van der Waals surface area contributed by atoms with E-state index in [0.717, 1.165) is 16.8 Å². The van der Waals surface area contributed by atoms with Crippen molar-refractivity contribution in [2.45, 2.75) is 20.3 Å². The number of aliphatic hydroxyl groups is 1. The Morgan fingerprint density at radius 1 is 1.26 bits per heavy atom. The molecule has 0 fully saturated rings. The smallest absolute Gasteiger partial charge is 0.166 e. The number of nitrogens with zero attached hydrogens (tertiary/aromatic N) is 3. The Morgan fingerprint density at radius 3 is 2.57 bits per heavy atom. The first-order chi connectivity index (χ1) is 11.0. The Bertz CT molecular complexity index is 710. The van der Waals surface area contributed by atoms with Gasteiger partial charge in [-0.15, -0.1) is 5.10 Å². The molecule has 1 aromatic carbocycles. The molecule has 0 radical (unpaired) electrons. The lowest BCUT2D eigenvalue weighted by Gasteiger charge is -2.16. The van der Waals surface area contributed by atoms with Crippen LogP contribution in [0.1, 0.15) is 22.4 Å². The van der Waals surface area contributed by atoms with Crippen molar-refractivity contribution in [1.82, 2.24) is 10.2 Å². The van der Waals surface area contributed by atoms with Gasteiger partial charge in [0.1, 0.15) is 17.4 Å². The summed E-state index contributed by atoms with van der Waals surface area (Å²) in [6.07, 6.45) is 0.601. The largest absolute Gasteiger partial charge is 0.396 e. The SMILES string of the molecule is Cc1nnc(NC[C@H](CO)Cc2ccc(F)cc2)c(C#N)c1C. The summed E-state index contributed by atoms with van der Waals surface area (Å²) in [4.78, 5) is 0. The number of halogens is 1. The fraction of sp³-hybridized carbons (Fsp3) is 0.353. The molecular weight excluding hydrogens is 295 g/mol. The van der Waals surface area contributed by atoms with Crippen molar-refractivity contribution in [2.75, 3.05) is 18.5 Å². The van der Waals surface area contributed by atoms with Crippen molar-refractivity contribution < 1.29 is 9.50 Å². The quantitative estimate of drug-likeness (QED) is 0.855. The van der Waals surface area contributed by atoms with Crippen molar-refractivity contribution in [3.63, 3.8) is 0 Å². The monoisotopic (exact) mass is 314 g/mol. The fourth-order valence-electron chi connectivity index (χ4n) is 2.27. The molecule has 2 aromatic rings. The number of hydrogen-bond donors (Lipinski definition) is 2. The standard InChI is InChI=1S/C17H19FN4O/c1-11-12(2)21-22-17(16(11)8-19)20-9-14(10-23)7-13-3-5-15(18)6-4-13/h3-6,14,23H,7,9-10H2,1-2H3,(H,20,22)/t14-/m1/s1. The average molecular weight is 314 g/mol. The molecular formula is C17H19FN4O. The minimum absolute atomic E-state index is 0.0233. The van der Waals surface area contributed by atoms with Crippen LogP contribution in [0.5, 0.6) is 0 Å². The highest BCUT2D eigenvalue weighted by Crippen LogP contribution is 2.18. The van der Waals surface area contributed by atoms with Crippen LogP contribution in [0.2, 0.25) is 0 Å². The van der Waals surface area contributed by atoms with Crippen molar-refractivity contribution in [1.29, 1.82) is 5.26 Å². The lowest BCUT2D eigenvalue weighted by Crippen LogP contribution is -2.21. The van der Waals surface area contributed by atoms with Gasteiger partial charge in [0.15, 0.2) is 5.82 Å². The molecule has 0 saturated heterocycles. The maximum absolute atomic E-state index is 12.9. The Kier molecular flexibility index (Phi) is 5.61. The van der Waals surface area contributed by atoms with E-state index in [-0.39, 0.29) is 18.3 Å². The third-order valence-electron chi connectivity index (χ3n) is 3.82. The van der Waals surface area contributed by atoms with E-state index in [1.165, 1.54) is 12.1 Å². The molecule has 0 bridgehead atoms. The molecule has 0 saturated carbocycles. The number of aromatic nitrogens is 2. The maximum Gasteiger partial charge on any atom is 0.166 e. The van der Waals surface area contributed by atoms with Crippen LogP contribution in [0.15, 0.2) is 24.3 Å². The number of rotatable bonds is 6. The zero-order valence-corrected chi connectivity index (χ0v) is 13.2. The van der Waals surface area contributed by atoms with E-state index in [4.69, 9.17) is 0 Å². The summed E-state index contributed by atoms with van der Waals surface area (Å²) in [7, 11) is 0. The van der Waals surface area contributed by atoms with E-state index in [2.05, 4.69) is 21.6 Å². The average Bonchev–Trinajstić information content (AvgIpc) is 2.56. The zero-order chi connectivity index (χ0) is 16.8. The fourth-order valence-corrected chi connectivity index (χ4v) is 2.27. The number of hydrogen-bond acceptors (Lipinski definition) is 5. The van der Waals surface area contributed by atoms with Crippen LogP contribution in [0.3, 0.4) is 0 Å². The topological polar surface area (TPSA) is 81.8 Å². The number of aryl methyl sites for hydroxylation is 1. The first-order valence-corrected chi connectivity index (χ1v) is 7.38. The van der Waals surface area contributed by atoms with E-state index < -0.39 is 0 Å². The molecule has 1 heterocycles. The summed E-state index contributed by atoms with van der Waals surface area (Å²) in [5.41, 5.74) is 2.93.